The van der Waals surface area contributed by atoms with Crippen molar-refractivity contribution in [2.45, 2.75) is 38.7 Å². The molecule has 1 aliphatic rings. The Labute approximate surface area is 146 Å². The fraction of sp³-hybridized carbons (Fsp3) is 0.556. The predicted octanol–water partition coefficient (Wildman–Crippen LogP) is 2.37. The molecule has 25 heavy (non-hydrogen) atoms. The van der Waals surface area contributed by atoms with Crippen molar-refractivity contribution in [1.82, 2.24) is 5.32 Å². The summed E-state index contributed by atoms with van der Waals surface area (Å²) in [5.74, 6) is -1.56. The van der Waals surface area contributed by atoms with Gasteiger partial charge in [0.25, 0.3) is 0 Å². The van der Waals surface area contributed by atoms with Crippen molar-refractivity contribution in [2.75, 3.05) is 19.8 Å². The average molecular weight is 353 g/mol. The molecule has 138 valence electrons. The molecule has 0 spiro atoms. The maximum absolute atomic E-state index is 12.9. The molecule has 0 bridgehead atoms. The number of nitrogens with one attached hydrogen (secondary N) is 1. The highest BCUT2D eigenvalue weighted by atomic mass is 19.1. The Balaban J connectivity index is 1.90. The molecule has 0 heterocycles. The zero-order chi connectivity index (χ0) is 18.3. The van der Waals surface area contributed by atoms with Gasteiger partial charge in [-0.2, -0.15) is 0 Å². The molecule has 0 radical (unpaired) electrons. The number of carboxylic acids is 1. The minimum atomic E-state index is -1.24. The van der Waals surface area contributed by atoms with Crippen LogP contribution < -0.4 is 10.1 Å². The third kappa shape index (κ3) is 5.16. The maximum atomic E-state index is 12.9. The van der Waals surface area contributed by atoms with Gasteiger partial charge in [0.15, 0.2) is 0 Å². The zero-order valence-electron chi connectivity index (χ0n) is 14.3. The van der Waals surface area contributed by atoms with Gasteiger partial charge in [-0.3, -0.25) is 4.79 Å². The molecule has 6 nitrogen and oxygen atoms in total. The summed E-state index contributed by atoms with van der Waals surface area (Å²) in [5.41, 5.74) is -0.464. The lowest BCUT2D eigenvalue weighted by atomic mass is 9.66. The fourth-order valence-corrected chi connectivity index (χ4v) is 2.84. The monoisotopic (exact) mass is 353 g/mol. The minimum Gasteiger partial charge on any atom is -0.478 e. The second-order valence-corrected chi connectivity index (χ2v) is 6.19. The summed E-state index contributed by atoms with van der Waals surface area (Å²) in [6, 6.07) is 5.07. The quantitative estimate of drug-likeness (QED) is 0.631. The number of hydrogen-bond donors (Lipinski definition) is 2. The van der Waals surface area contributed by atoms with Crippen molar-refractivity contribution in [1.29, 1.82) is 0 Å². The highest BCUT2D eigenvalue weighted by molar-refractivity contribution is 5.84. The molecule has 1 atom stereocenters. The van der Waals surface area contributed by atoms with E-state index in [4.69, 9.17) is 9.47 Å². The van der Waals surface area contributed by atoms with Crippen LogP contribution >= 0.6 is 0 Å². The van der Waals surface area contributed by atoms with Gasteiger partial charge in [0.05, 0.1) is 12.0 Å². The van der Waals surface area contributed by atoms with E-state index < -0.39 is 23.3 Å². The van der Waals surface area contributed by atoms with Gasteiger partial charge in [0.2, 0.25) is 12.0 Å². The first kappa shape index (κ1) is 19.2. The normalized spacial score (nSPS) is 16.6. The number of carbonyl (C=O) groups excluding carboxylic acids is 1. The first-order valence-electron chi connectivity index (χ1n) is 8.48. The number of benzene rings is 1. The molecular weight excluding hydrogens is 329 g/mol. The lowest BCUT2D eigenvalue weighted by molar-refractivity contribution is -0.146. The molecule has 0 aliphatic heterocycles. The Kier molecular flexibility index (Phi) is 6.75. The number of rotatable bonds is 10. The minimum absolute atomic E-state index is 0.151. The van der Waals surface area contributed by atoms with Crippen molar-refractivity contribution in [3.8, 4) is 5.75 Å². The van der Waals surface area contributed by atoms with Gasteiger partial charge in [-0.1, -0.05) is 6.42 Å². The van der Waals surface area contributed by atoms with Crippen molar-refractivity contribution >= 4 is 11.9 Å². The van der Waals surface area contributed by atoms with E-state index in [0.29, 0.717) is 19.6 Å². The second-order valence-electron chi connectivity index (χ2n) is 6.19. The number of aliphatic carboxylic acids is 1. The summed E-state index contributed by atoms with van der Waals surface area (Å²) in [7, 11) is 0. The molecule has 1 fully saturated rings. The van der Waals surface area contributed by atoms with Gasteiger partial charge < -0.3 is 19.9 Å². The summed E-state index contributed by atoms with van der Waals surface area (Å²) in [5, 5.41) is 12.0. The SMILES string of the molecule is CCOCCC1(C(=O)NCC(Oc2ccc(F)cc2)C(=O)O)CCC1. The number of carboxylic acid groups (broad SMARTS) is 1. The Morgan fingerprint density at radius 2 is 2.00 bits per heavy atom. The fourth-order valence-electron chi connectivity index (χ4n) is 2.84. The van der Waals surface area contributed by atoms with E-state index in [1.54, 1.807) is 0 Å². The van der Waals surface area contributed by atoms with Crippen LogP contribution in [0.3, 0.4) is 0 Å². The largest absolute Gasteiger partial charge is 0.478 e. The van der Waals surface area contributed by atoms with Gasteiger partial charge in [-0.05, 0) is 50.5 Å². The summed E-state index contributed by atoms with van der Waals surface area (Å²) in [4.78, 5) is 23.9. The molecule has 1 saturated carbocycles. The van der Waals surface area contributed by atoms with Crippen molar-refractivity contribution < 1.29 is 28.6 Å². The Bertz CT molecular complexity index is 586. The zero-order valence-corrected chi connectivity index (χ0v) is 14.3. The third-order valence-electron chi connectivity index (χ3n) is 4.54. The smallest absolute Gasteiger partial charge is 0.346 e. The number of amides is 1. The van der Waals surface area contributed by atoms with Crippen LogP contribution in [0.25, 0.3) is 0 Å². The van der Waals surface area contributed by atoms with Gasteiger partial charge in [0, 0.05) is 13.2 Å². The second kappa shape index (κ2) is 8.80. The van der Waals surface area contributed by atoms with Crippen LogP contribution in [0.5, 0.6) is 5.75 Å². The summed E-state index contributed by atoms with van der Waals surface area (Å²) in [6.45, 7) is 2.86. The number of hydrogen-bond acceptors (Lipinski definition) is 4. The molecule has 2 rings (SSSR count). The Hall–Kier alpha value is -2.15. The number of ether oxygens (including phenoxy) is 2. The van der Waals surface area contributed by atoms with Crippen LogP contribution in [0, 0.1) is 11.2 Å². The van der Waals surface area contributed by atoms with Crippen molar-refractivity contribution in [2.24, 2.45) is 5.41 Å². The van der Waals surface area contributed by atoms with Gasteiger partial charge in [-0.15, -0.1) is 0 Å². The predicted molar refractivity (Wildman–Crippen MR) is 88.9 cm³/mol. The van der Waals surface area contributed by atoms with E-state index in [2.05, 4.69) is 5.32 Å². The van der Waals surface area contributed by atoms with Gasteiger partial charge in [0.1, 0.15) is 11.6 Å². The van der Waals surface area contributed by atoms with Crippen LogP contribution in [0.2, 0.25) is 0 Å². The van der Waals surface area contributed by atoms with E-state index in [9.17, 15) is 19.1 Å². The average Bonchev–Trinajstić information content (AvgIpc) is 2.55. The number of carbonyl (C=O) groups is 2. The Morgan fingerprint density at radius 3 is 2.52 bits per heavy atom. The van der Waals surface area contributed by atoms with Crippen LogP contribution in [-0.2, 0) is 14.3 Å². The summed E-state index contributed by atoms with van der Waals surface area (Å²) in [6.07, 6.45) is 1.93. The molecule has 7 heteroatoms. The molecule has 1 aromatic rings. The molecule has 2 N–H and O–H groups in total. The molecule has 1 unspecified atom stereocenters. The number of halogens is 1. The van der Waals surface area contributed by atoms with Crippen LogP contribution in [0.15, 0.2) is 24.3 Å². The lowest BCUT2D eigenvalue weighted by Crippen LogP contribution is -2.50. The van der Waals surface area contributed by atoms with Gasteiger partial charge in [-0.25, -0.2) is 9.18 Å². The highest BCUT2D eigenvalue weighted by Gasteiger charge is 2.43. The van der Waals surface area contributed by atoms with Gasteiger partial charge >= 0.3 is 5.97 Å². The summed E-state index contributed by atoms with van der Waals surface area (Å²) >= 11 is 0. The third-order valence-corrected chi connectivity index (χ3v) is 4.54. The van der Waals surface area contributed by atoms with E-state index in [-0.39, 0.29) is 18.2 Å². The molecule has 0 aromatic heterocycles. The van der Waals surface area contributed by atoms with Crippen molar-refractivity contribution in [3.63, 3.8) is 0 Å². The topological polar surface area (TPSA) is 84.9 Å². The van der Waals surface area contributed by atoms with E-state index >= 15 is 0 Å². The lowest BCUT2D eigenvalue weighted by Gasteiger charge is -2.40. The first-order valence-corrected chi connectivity index (χ1v) is 8.48. The molecule has 1 aliphatic carbocycles. The van der Waals surface area contributed by atoms with E-state index in [0.717, 1.165) is 19.3 Å². The molecular formula is C18H24FNO5. The first-order chi connectivity index (χ1) is 12.0. The van der Waals surface area contributed by atoms with Crippen LogP contribution in [0.1, 0.15) is 32.6 Å². The maximum Gasteiger partial charge on any atom is 0.346 e. The summed E-state index contributed by atoms with van der Waals surface area (Å²) < 4.78 is 23.6. The molecule has 0 saturated heterocycles. The molecule has 1 amide bonds. The van der Waals surface area contributed by atoms with E-state index in [1.807, 2.05) is 6.92 Å². The van der Waals surface area contributed by atoms with Crippen molar-refractivity contribution in [3.05, 3.63) is 30.1 Å². The van der Waals surface area contributed by atoms with E-state index in [1.165, 1.54) is 24.3 Å². The standard InChI is InChI=1S/C18H24FNO5/c1-2-24-11-10-18(8-3-9-18)17(23)20-12-15(16(21)22)25-14-6-4-13(19)5-7-14/h4-7,15H,2-3,8-12H2,1H3,(H,20,23)(H,21,22). The van der Waals surface area contributed by atoms with Crippen LogP contribution in [-0.4, -0.2) is 42.8 Å². The highest BCUT2D eigenvalue weighted by Crippen LogP contribution is 2.44. The van der Waals surface area contributed by atoms with Crippen LogP contribution in [0.4, 0.5) is 4.39 Å². The Morgan fingerprint density at radius 1 is 1.32 bits per heavy atom. The molecule has 1 aromatic carbocycles.